The molecule has 0 saturated heterocycles. The summed E-state index contributed by atoms with van der Waals surface area (Å²) in [5.74, 6) is 0. The molecule has 1 atom stereocenters. The molecule has 0 fully saturated rings. The Hall–Kier alpha value is -0.820. The van der Waals surface area contributed by atoms with Gasteiger partial charge < -0.3 is 14.7 Å². The lowest BCUT2D eigenvalue weighted by Crippen LogP contribution is -2.49. The molecule has 0 N–H and O–H groups in total. The molecule has 6 heteroatoms. The predicted molar refractivity (Wildman–Crippen MR) is 43.0 cm³/mol. The maximum atomic E-state index is 11.6. The fourth-order valence-corrected chi connectivity index (χ4v) is 0.852. The Morgan fingerprint density at radius 3 is 2.50 bits per heavy atom. The molecule has 0 radical (unpaired) electrons. The van der Waals surface area contributed by atoms with Gasteiger partial charge in [0.1, 0.15) is 0 Å². The van der Waals surface area contributed by atoms with Crippen LogP contribution in [0.2, 0.25) is 0 Å². The smallest absolute Gasteiger partial charge is 0.319 e. The summed E-state index contributed by atoms with van der Waals surface area (Å²) in [4.78, 5) is 0. The summed E-state index contributed by atoms with van der Waals surface area (Å²) < 4.78 is 8.95. The average molecular weight is 173 g/mol. The van der Waals surface area contributed by atoms with Crippen molar-refractivity contribution in [3.63, 3.8) is 0 Å². The lowest BCUT2D eigenvalue weighted by atomic mass is 10.7. The van der Waals surface area contributed by atoms with Crippen molar-refractivity contribution in [3.05, 3.63) is 5.21 Å². The van der Waals surface area contributed by atoms with Crippen LogP contribution in [0, 0.1) is 5.21 Å². The van der Waals surface area contributed by atoms with E-state index in [-0.39, 0.29) is 0 Å². The van der Waals surface area contributed by atoms with Gasteiger partial charge in [0.2, 0.25) is 12.7 Å². The Kier molecular flexibility index (Phi) is 2.88. The van der Waals surface area contributed by atoms with E-state index in [1.807, 2.05) is 0 Å². The predicted octanol–water partition coefficient (Wildman–Crippen LogP) is 0.253. The van der Waals surface area contributed by atoms with Crippen molar-refractivity contribution >= 4 is 12.7 Å². The first-order chi connectivity index (χ1) is 5.73. The van der Waals surface area contributed by atoms with E-state index in [9.17, 15) is 5.21 Å². The maximum absolute atomic E-state index is 11.6. The first-order valence-corrected chi connectivity index (χ1v) is 3.55. The highest BCUT2D eigenvalue weighted by Gasteiger charge is 2.29. The van der Waals surface area contributed by atoms with Crippen molar-refractivity contribution < 1.29 is 14.1 Å². The third kappa shape index (κ3) is 1.67. The standard InChI is InChI=1S/C6H11N3O3/c1-3-12-6(11-2)9(10)4-7-8-5-9/h4-6H,3H2,1-2H3. The number of hydrogen-bond donors (Lipinski definition) is 0. The van der Waals surface area contributed by atoms with Crippen LogP contribution < -0.4 is 0 Å². The monoisotopic (exact) mass is 173 g/mol. The van der Waals surface area contributed by atoms with Crippen LogP contribution in [0.1, 0.15) is 6.92 Å². The van der Waals surface area contributed by atoms with Gasteiger partial charge in [-0.25, -0.2) is 4.65 Å². The van der Waals surface area contributed by atoms with E-state index in [1.54, 1.807) is 6.92 Å². The Morgan fingerprint density at radius 2 is 2.08 bits per heavy atom. The van der Waals surface area contributed by atoms with Crippen molar-refractivity contribution in [2.45, 2.75) is 13.3 Å². The topological polar surface area (TPSA) is 66.2 Å². The van der Waals surface area contributed by atoms with Gasteiger partial charge in [0.15, 0.2) is 0 Å². The third-order valence-electron chi connectivity index (χ3n) is 1.37. The summed E-state index contributed by atoms with van der Waals surface area (Å²) in [7, 11) is 1.40. The third-order valence-corrected chi connectivity index (χ3v) is 1.37. The quantitative estimate of drug-likeness (QED) is 0.348. The normalized spacial score (nSPS) is 21.6. The number of hydroxylamine groups is 3. The van der Waals surface area contributed by atoms with Crippen LogP contribution in [0.3, 0.4) is 0 Å². The summed E-state index contributed by atoms with van der Waals surface area (Å²) >= 11 is 0. The Balaban J connectivity index is 2.64. The highest BCUT2D eigenvalue weighted by molar-refractivity contribution is 5.67. The largest absolute Gasteiger partial charge is 0.617 e. The number of quaternary nitrogens is 1. The van der Waals surface area contributed by atoms with Crippen LogP contribution in [0.5, 0.6) is 0 Å². The summed E-state index contributed by atoms with van der Waals surface area (Å²) in [5, 5.41) is 18.5. The second-order valence-corrected chi connectivity index (χ2v) is 2.22. The molecule has 0 aromatic heterocycles. The van der Waals surface area contributed by atoms with Gasteiger partial charge in [-0.05, 0) is 6.92 Å². The van der Waals surface area contributed by atoms with E-state index in [1.165, 1.54) is 7.11 Å². The Bertz CT molecular complexity index is 192. The van der Waals surface area contributed by atoms with E-state index in [0.717, 1.165) is 12.7 Å². The summed E-state index contributed by atoms with van der Waals surface area (Å²) in [5.41, 5.74) is 0. The summed E-state index contributed by atoms with van der Waals surface area (Å²) in [6, 6.07) is 0. The lowest BCUT2D eigenvalue weighted by molar-refractivity contribution is -0.780. The van der Waals surface area contributed by atoms with Crippen molar-refractivity contribution in [2.75, 3.05) is 13.7 Å². The van der Waals surface area contributed by atoms with Gasteiger partial charge >= 0.3 is 6.41 Å². The molecule has 12 heavy (non-hydrogen) atoms. The van der Waals surface area contributed by atoms with Crippen molar-refractivity contribution in [1.82, 2.24) is 0 Å². The fraction of sp³-hybridized carbons (Fsp3) is 0.667. The highest BCUT2D eigenvalue weighted by Crippen LogP contribution is 2.12. The van der Waals surface area contributed by atoms with Gasteiger partial charge in [0, 0.05) is 7.11 Å². The minimum atomic E-state index is -0.912. The first kappa shape index (κ1) is 9.27. The van der Waals surface area contributed by atoms with Crippen LogP contribution in [0.25, 0.3) is 0 Å². The molecule has 0 aliphatic carbocycles. The molecule has 1 aliphatic heterocycles. The molecular weight excluding hydrogens is 162 g/mol. The van der Waals surface area contributed by atoms with Crippen LogP contribution in [-0.4, -0.2) is 37.5 Å². The van der Waals surface area contributed by atoms with Gasteiger partial charge in [-0.2, -0.15) is 0 Å². The molecule has 1 heterocycles. The number of methoxy groups -OCH3 is 1. The fourth-order valence-electron chi connectivity index (χ4n) is 0.852. The number of nitrogens with zero attached hydrogens (tertiary/aromatic N) is 3. The Morgan fingerprint density at radius 1 is 1.50 bits per heavy atom. The summed E-state index contributed by atoms with van der Waals surface area (Å²) in [6.07, 6.45) is 1.32. The SMILES string of the molecule is CCOC(OC)[N+]1([O-])C=NN=C1. The lowest BCUT2D eigenvalue weighted by Gasteiger charge is -2.34. The molecule has 1 aliphatic rings. The molecule has 0 aromatic carbocycles. The van der Waals surface area contributed by atoms with Crippen LogP contribution in [0.15, 0.2) is 10.2 Å². The molecule has 1 rings (SSSR count). The van der Waals surface area contributed by atoms with Gasteiger partial charge in [-0.3, -0.25) is 0 Å². The minimum absolute atomic E-state index is 0.405. The minimum Gasteiger partial charge on any atom is -0.617 e. The molecule has 6 nitrogen and oxygen atoms in total. The second-order valence-electron chi connectivity index (χ2n) is 2.22. The van der Waals surface area contributed by atoms with Crippen molar-refractivity contribution in [2.24, 2.45) is 10.2 Å². The second kappa shape index (κ2) is 3.72. The maximum Gasteiger partial charge on any atom is 0.319 e. The zero-order valence-corrected chi connectivity index (χ0v) is 7.01. The molecule has 1 unspecified atom stereocenters. The van der Waals surface area contributed by atoms with E-state index >= 15 is 0 Å². The van der Waals surface area contributed by atoms with Gasteiger partial charge in [-0.15, -0.1) is 0 Å². The van der Waals surface area contributed by atoms with E-state index in [2.05, 4.69) is 10.2 Å². The van der Waals surface area contributed by atoms with Gasteiger partial charge in [-0.1, -0.05) is 10.2 Å². The molecule has 0 bridgehead atoms. The highest BCUT2D eigenvalue weighted by atomic mass is 16.8. The van der Waals surface area contributed by atoms with Crippen LogP contribution in [-0.2, 0) is 9.47 Å². The van der Waals surface area contributed by atoms with E-state index in [4.69, 9.17) is 9.47 Å². The molecule has 0 amide bonds. The Labute approximate surface area is 70.3 Å². The first-order valence-electron chi connectivity index (χ1n) is 3.55. The molecular formula is C6H11N3O3. The van der Waals surface area contributed by atoms with Crippen molar-refractivity contribution in [3.8, 4) is 0 Å². The molecule has 68 valence electrons. The van der Waals surface area contributed by atoms with Crippen LogP contribution >= 0.6 is 0 Å². The zero-order valence-electron chi connectivity index (χ0n) is 7.01. The average Bonchev–Trinajstić information content (AvgIpc) is 2.49. The summed E-state index contributed by atoms with van der Waals surface area (Å²) in [6.45, 7) is 2.19. The molecule has 0 spiro atoms. The number of rotatable bonds is 4. The van der Waals surface area contributed by atoms with Gasteiger partial charge in [0.05, 0.1) is 6.61 Å². The molecule has 0 saturated carbocycles. The number of hydrogen-bond acceptors (Lipinski definition) is 5. The van der Waals surface area contributed by atoms with E-state index < -0.39 is 11.1 Å². The van der Waals surface area contributed by atoms with Gasteiger partial charge in [0.25, 0.3) is 0 Å². The molecule has 0 aromatic rings. The van der Waals surface area contributed by atoms with E-state index in [0.29, 0.717) is 6.61 Å². The van der Waals surface area contributed by atoms with Crippen LogP contribution in [0.4, 0.5) is 0 Å². The number of ether oxygens (including phenoxy) is 2. The van der Waals surface area contributed by atoms with Crippen molar-refractivity contribution in [1.29, 1.82) is 0 Å². The zero-order chi connectivity index (χ0) is 9.03.